The van der Waals surface area contributed by atoms with Crippen LogP contribution in [0.15, 0.2) is 27.2 Å². The van der Waals surface area contributed by atoms with Gasteiger partial charge >= 0.3 is 0 Å². The van der Waals surface area contributed by atoms with Crippen LogP contribution in [0, 0.1) is 6.92 Å². The molecule has 116 valence electrons. The number of piperidine rings is 1. The standard InChI is InChI=1S/C15H16BrN3O3/c1-9-17-14(22-18-9)10-4-6-19(7-5-10)15(21)12-3-2-11(16)8-13(12)20/h2-3,8,10,20H,4-7H2,1H3. The van der Waals surface area contributed by atoms with Gasteiger partial charge in [0.05, 0.1) is 5.56 Å². The molecular weight excluding hydrogens is 350 g/mol. The van der Waals surface area contributed by atoms with Gasteiger partial charge in [0.15, 0.2) is 5.82 Å². The van der Waals surface area contributed by atoms with Gasteiger partial charge in [0, 0.05) is 23.5 Å². The quantitative estimate of drug-likeness (QED) is 0.884. The Morgan fingerprint density at radius 3 is 2.73 bits per heavy atom. The maximum Gasteiger partial charge on any atom is 0.257 e. The summed E-state index contributed by atoms with van der Waals surface area (Å²) >= 11 is 3.27. The van der Waals surface area contributed by atoms with Crippen molar-refractivity contribution in [2.75, 3.05) is 13.1 Å². The van der Waals surface area contributed by atoms with E-state index in [9.17, 15) is 9.90 Å². The Morgan fingerprint density at radius 2 is 2.14 bits per heavy atom. The second-order valence-electron chi connectivity index (χ2n) is 5.41. The molecule has 1 amide bonds. The number of aromatic hydroxyl groups is 1. The lowest BCUT2D eigenvalue weighted by Crippen LogP contribution is -2.38. The molecule has 1 aliphatic heterocycles. The predicted octanol–water partition coefficient (Wildman–Crippen LogP) is 2.87. The zero-order valence-electron chi connectivity index (χ0n) is 12.1. The van der Waals surface area contributed by atoms with E-state index in [0.29, 0.717) is 30.4 Å². The van der Waals surface area contributed by atoms with Crippen molar-refractivity contribution in [2.45, 2.75) is 25.7 Å². The average Bonchev–Trinajstić information content (AvgIpc) is 2.93. The molecule has 1 aromatic heterocycles. The lowest BCUT2D eigenvalue weighted by Gasteiger charge is -2.30. The first kappa shape index (κ1) is 15.0. The van der Waals surface area contributed by atoms with E-state index in [1.165, 1.54) is 6.07 Å². The maximum absolute atomic E-state index is 12.5. The minimum absolute atomic E-state index is 0.00553. The van der Waals surface area contributed by atoms with Crippen LogP contribution in [0.5, 0.6) is 5.75 Å². The van der Waals surface area contributed by atoms with Crippen molar-refractivity contribution < 1.29 is 14.4 Å². The minimum Gasteiger partial charge on any atom is -0.507 e. The van der Waals surface area contributed by atoms with Crippen LogP contribution in [0.2, 0.25) is 0 Å². The summed E-state index contributed by atoms with van der Waals surface area (Å²) in [5.74, 6) is 1.33. The Hall–Kier alpha value is -1.89. The summed E-state index contributed by atoms with van der Waals surface area (Å²) in [5, 5.41) is 13.7. The highest BCUT2D eigenvalue weighted by Gasteiger charge is 2.28. The number of aromatic nitrogens is 2. The Kier molecular flexibility index (Phi) is 4.15. The van der Waals surface area contributed by atoms with Crippen molar-refractivity contribution in [1.82, 2.24) is 15.0 Å². The highest BCUT2D eigenvalue weighted by atomic mass is 79.9. The normalized spacial score (nSPS) is 16.0. The first-order valence-corrected chi connectivity index (χ1v) is 7.92. The van der Waals surface area contributed by atoms with Crippen molar-refractivity contribution in [3.63, 3.8) is 0 Å². The molecule has 2 heterocycles. The number of phenolic OH excluding ortho intramolecular Hbond substituents is 1. The number of carbonyl (C=O) groups excluding carboxylic acids is 1. The third kappa shape index (κ3) is 2.99. The number of likely N-dealkylation sites (tertiary alicyclic amines) is 1. The van der Waals surface area contributed by atoms with Crippen molar-refractivity contribution >= 4 is 21.8 Å². The number of hydrogen-bond acceptors (Lipinski definition) is 5. The van der Waals surface area contributed by atoms with Crippen LogP contribution < -0.4 is 0 Å². The summed E-state index contributed by atoms with van der Waals surface area (Å²) in [6.07, 6.45) is 1.56. The van der Waals surface area contributed by atoms with Crippen LogP contribution >= 0.6 is 15.9 Å². The molecule has 7 heteroatoms. The van der Waals surface area contributed by atoms with E-state index in [4.69, 9.17) is 4.52 Å². The average molecular weight is 366 g/mol. The summed E-state index contributed by atoms with van der Waals surface area (Å²) in [7, 11) is 0. The maximum atomic E-state index is 12.5. The molecule has 22 heavy (non-hydrogen) atoms. The van der Waals surface area contributed by atoms with E-state index in [-0.39, 0.29) is 17.6 Å². The van der Waals surface area contributed by atoms with Crippen molar-refractivity contribution in [3.05, 3.63) is 40.0 Å². The van der Waals surface area contributed by atoms with Gasteiger partial charge in [-0.25, -0.2) is 0 Å². The van der Waals surface area contributed by atoms with Gasteiger partial charge < -0.3 is 14.5 Å². The Morgan fingerprint density at radius 1 is 1.41 bits per heavy atom. The lowest BCUT2D eigenvalue weighted by molar-refractivity contribution is 0.0701. The molecule has 0 spiro atoms. The topological polar surface area (TPSA) is 79.5 Å². The van der Waals surface area contributed by atoms with E-state index >= 15 is 0 Å². The van der Waals surface area contributed by atoms with Crippen LogP contribution in [0.25, 0.3) is 0 Å². The first-order chi connectivity index (χ1) is 10.5. The molecule has 1 aromatic carbocycles. The van der Waals surface area contributed by atoms with E-state index in [1.54, 1.807) is 24.0 Å². The molecule has 1 aliphatic rings. The van der Waals surface area contributed by atoms with E-state index in [1.807, 2.05) is 0 Å². The van der Waals surface area contributed by atoms with Gasteiger partial charge in [-0.2, -0.15) is 4.98 Å². The molecule has 1 saturated heterocycles. The Bertz CT molecular complexity index is 693. The number of aryl methyl sites for hydroxylation is 1. The number of rotatable bonds is 2. The molecule has 0 unspecified atom stereocenters. The van der Waals surface area contributed by atoms with Crippen LogP contribution in [0.1, 0.15) is 40.8 Å². The molecule has 0 bridgehead atoms. The van der Waals surface area contributed by atoms with Gasteiger partial charge in [-0.05, 0) is 38.0 Å². The number of hydrogen-bond donors (Lipinski definition) is 1. The van der Waals surface area contributed by atoms with E-state index in [0.717, 1.165) is 17.3 Å². The van der Waals surface area contributed by atoms with Gasteiger partial charge in [-0.1, -0.05) is 21.1 Å². The van der Waals surface area contributed by atoms with E-state index < -0.39 is 0 Å². The number of halogens is 1. The molecule has 0 atom stereocenters. The summed E-state index contributed by atoms with van der Waals surface area (Å²) < 4.78 is 5.95. The Balaban J connectivity index is 1.67. The summed E-state index contributed by atoms with van der Waals surface area (Å²) in [5.41, 5.74) is 0.329. The third-order valence-corrected chi connectivity index (χ3v) is 4.36. The van der Waals surface area contributed by atoms with Gasteiger partial charge in [0.25, 0.3) is 5.91 Å². The van der Waals surface area contributed by atoms with Gasteiger partial charge in [-0.3, -0.25) is 4.79 Å². The zero-order valence-corrected chi connectivity index (χ0v) is 13.7. The molecule has 6 nitrogen and oxygen atoms in total. The smallest absolute Gasteiger partial charge is 0.257 e. The van der Waals surface area contributed by atoms with Crippen LogP contribution in [0.4, 0.5) is 0 Å². The summed E-state index contributed by atoms with van der Waals surface area (Å²) in [6.45, 7) is 3.02. The predicted molar refractivity (Wildman–Crippen MR) is 82.7 cm³/mol. The summed E-state index contributed by atoms with van der Waals surface area (Å²) in [4.78, 5) is 18.5. The van der Waals surface area contributed by atoms with Crippen LogP contribution in [-0.4, -0.2) is 39.1 Å². The highest BCUT2D eigenvalue weighted by molar-refractivity contribution is 9.10. The SMILES string of the molecule is Cc1noc(C2CCN(C(=O)c3ccc(Br)cc3O)CC2)n1. The fourth-order valence-electron chi connectivity index (χ4n) is 2.66. The Labute approximate surface area is 136 Å². The molecule has 2 aromatic rings. The zero-order chi connectivity index (χ0) is 15.7. The van der Waals surface area contributed by atoms with Crippen molar-refractivity contribution in [1.29, 1.82) is 0 Å². The van der Waals surface area contributed by atoms with Crippen LogP contribution in [0.3, 0.4) is 0 Å². The second-order valence-corrected chi connectivity index (χ2v) is 6.32. The fraction of sp³-hybridized carbons (Fsp3) is 0.400. The minimum atomic E-state index is -0.148. The first-order valence-electron chi connectivity index (χ1n) is 7.12. The molecular formula is C15H16BrN3O3. The third-order valence-electron chi connectivity index (χ3n) is 3.86. The van der Waals surface area contributed by atoms with Crippen molar-refractivity contribution in [2.24, 2.45) is 0 Å². The largest absolute Gasteiger partial charge is 0.507 e. The molecule has 0 radical (unpaired) electrons. The number of carbonyl (C=O) groups is 1. The van der Waals surface area contributed by atoms with Crippen LogP contribution in [-0.2, 0) is 0 Å². The molecule has 0 saturated carbocycles. The monoisotopic (exact) mass is 365 g/mol. The second kappa shape index (κ2) is 6.08. The number of phenols is 1. The number of nitrogens with zero attached hydrogens (tertiary/aromatic N) is 3. The van der Waals surface area contributed by atoms with Crippen molar-refractivity contribution in [3.8, 4) is 5.75 Å². The van der Waals surface area contributed by atoms with Gasteiger partial charge in [0.2, 0.25) is 5.89 Å². The molecule has 1 fully saturated rings. The van der Waals surface area contributed by atoms with Gasteiger partial charge in [0.1, 0.15) is 5.75 Å². The number of benzene rings is 1. The lowest BCUT2D eigenvalue weighted by atomic mass is 9.96. The molecule has 3 rings (SSSR count). The highest BCUT2D eigenvalue weighted by Crippen LogP contribution is 2.29. The van der Waals surface area contributed by atoms with Gasteiger partial charge in [-0.15, -0.1) is 0 Å². The fourth-order valence-corrected chi connectivity index (χ4v) is 3.01. The molecule has 0 aliphatic carbocycles. The number of amides is 1. The molecule has 1 N–H and O–H groups in total. The summed E-state index contributed by atoms with van der Waals surface area (Å²) in [6, 6.07) is 4.91. The van der Waals surface area contributed by atoms with E-state index in [2.05, 4.69) is 26.1 Å².